The summed E-state index contributed by atoms with van der Waals surface area (Å²) in [5, 5.41) is 2.43. The van der Waals surface area contributed by atoms with Gasteiger partial charge in [0.05, 0.1) is 0 Å². The first kappa shape index (κ1) is 37.5. The van der Waals surface area contributed by atoms with Gasteiger partial charge in [-0.05, 0) is 17.9 Å². The van der Waals surface area contributed by atoms with Crippen LogP contribution in [0.1, 0.15) is 34.6 Å². The van der Waals surface area contributed by atoms with Gasteiger partial charge in [-0.25, -0.2) is 0 Å². The van der Waals surface area contributed by atoms with Crippen LogP contribution in [0.4, 0.5) is 0 Å². The molecule has 0 aliphatic carbocycles. The number of thiophene rings is 1. The van der Waals surface area contributed by atoms with Gasteiger partial charge in [-0.15, -0.1) is 0 Å². The second-order valence-electron chi connectivity index (χ2n) is 16.5. The van der Waals surface area contributed by atoms with E-state index in [1.165, 1.54) is 41.0 Å². The van der Waals surface area contributed by atoms with Crippen LogP contribution in [0, 0.1) is 24.5 Å². The van der Waals surface area contributed by atoms with Crippen LogP contribution < -0.4 is 8.79 Å². The molecular formula is C46H50Ge2IrN2S-2. The average Bonchev–Trinajstić information content (AvgIpc) is 3.49. The molecule has 7 rings (SSSR count). The minimum Gasteiger partial charge on any atom is -0.0599 e. The SMILES string of the molecule is Cc1cc(-c2[c-]cccc2)nc[c]1[Ge]([CH3])([CH3])[CH3].[2H]C([2H])(c1ccnc(-c2[c-]ccc3c2sc2cc(-c4cc[c]([Ge]([CH3])([CH3])[CH3])cc4)ccc23)c1)C(C)(C)C.[Ir]. The fourth-order valence-corrected chi connectivity index (χ4v) is 13.7. The molecule has 7 aromatic rings. The van der Waals surface area contributed by atoms with E-state index in [-0.39, 0.29) is 20.1 Å². The van der Waals surface area contributed by atoms with Crippen molar-refractivity contribution < 1.29 is 22.8 Å². The Morgan fingerprint density at radius 2 is 1.46 bits per heavy atom. The topological polar surface area (TPSA) is 25.8 Å². The summed E-state index contributed by atoms with van der Waals surface area (Å²) in [6.07, 6.45) is 2.32. The number of benzene rings is 4. The number of hydrogen-bond acceptors (Lipinski definition) is 3. The van der Waals surface area contributed by atoms with Crippen molar-refractivity contribution in [3.8, 4) is 33.6 Å². The smallest absolute Gasteiger partial charge is 0.0599 e. The summed E-state index contributed by atoms with van der Waals surface area (Å²) in [5.41, 5.74) is 7.77. The van der Waals surface area contributed by atoms with E-state index in [1.54, 1.807) is 23.6 Å². The number of aromatic nitrogens is 2. The van der Waals surface area contributed by atoms with E-state index in [2.05, 4.69) is 130 Å². The van der Waals surface area contributed by atoms with Crippen molar-refractivity contribution in [2.24, 2.45) is 5.41 Å². The molecule has 269 valence electrons. The van der Waals surface area contributed by atoms with Gasteiger partial charge in [0.1, 0.15) is 0 Å². The second-order valence-corrected chi connectivity index (χ2v) is 38.7. The minimum atomic E-state index is -1.83. The summed E-state index contributed by atoms with van der Waals surface area (Å²) in [6, 6.07) is 40.5. The predicted octanol–water partition coefficient (Wildman–Crippen LogP) is 12.1. The van der Waals surface area contributed by atoms with Crippen molar-refractivity contribution in [3.05, 3.63) is 133 Å². The van der Waals surface area contributed by atoms with Gasteiger partial charge in [-0.3, -0.25) is 0 Å². The Hall–Kier alpha value is -2.86. The summed E-state index contributed by atoms with van der Waals surface area (Å²) in [7, 11) is 0. The van der Waals surface area contributed by atoms with Gasteiger partial charge in [0, 0.05) is 29.0 Å². The Morgan fingerprint density at radius 3 is 2.10 bits per heavy atom. The molecule has 0 aliphatic heterocycles. The maximum absolute atomic E-state index is 8.72. The van der Waals surface area contributed by atoms with Crippen molar-refractivity contribution in [2.75, 3.05) is 0 Å². The second kappa shape index (κ2) is 16.2. The van der Waals surface area contributed by atoms with E-state index in [0.717, 1.165) is 27.2 Å². The zero-order chi connectivity index (χ0) is 38.3. The third kappa shape index (κ3) is 9.62. The summed E-state index contributed by atoms with van der Waals surface area (Å²) in [5.74, 6) is 14.5. The summed E-state index contributed by atoms with van der Waals surface area (Å²) in [4.78, 5) is 9.22. The molecule has 3 heterocycles. The number of hydrogen-bond donors (Lipinski definition) is 0. The first-order valence-corrected chi connectivity index (χ1v) is 33.2. The molecule has 0 fully saturated rings. The number of nitrogens with zero attached hydrogens (tertiary/aromatic N) is 2. The van der Waals surface area contributed by atoms with Gasteiger partial charge in [0.2, 0.25) is 0 Å². The van der Waals surface area contributed by atoms with Crippen molar-refractivity contribution in [1.29, 1.82) is 0 Å². The molecule has 2 nitrogen and oxygen atoms in total. The zero-order valence-corrected chi connectivity index (χ0v) is 39.4. The molecule has 4 aromatic carbocycles. The molecule has 0 saturated heterocycles. The molecule has 0 spiro atoms. The van der Waals surface area contributed by atoms with Gasteiger partial charge in [-0.1, -0.05) is 26.3 Å². The third-order valence-electron chi connectivity index (χ3n) is 8.96. The van der Waals surface area contributed by atoms with E-state index in [0.29, 0.717) is 5.56 Å². The van der Waals surface area contributed by atoms with E-state index < -0.39 is 38.3 Å². The Balaban J connectivity index is 0.000000262. The number of pyridine rings is 2. The minimum absolute atomic E-state index is 0. The van der Waals surface area contributed by atoms with Crippen LogP contribution in [0.25, 0.3) is 53.8 Å². The van der Waals surface area contributed by atoms with E-state index in [4.69, 9.17) is 2.74 Å². The van der Waals surface area contributed by atoms with Gasteiger partial charge in [-0.2, -0.15) is 0 Å². The molecule has 0 aliphatic rings. The van der Waals surface area contributed by atoms with Crippen molar-refractivity contribution in [3.63, 3.8) is 0 Å². The van der Waals surface area contributed by atoms with Gasteiger partial charge < -0.3 is 0 Å². The molecular weight excluding hydrogens is 950 g/mol. The van der Waals surface area contributed by atoms with Crippen molar-refractivity contribution in [1.82, 2.24) is 9.97 Å². The molecule has 1 radical (unpaired) electrons. The van der Waals surface area contributed by atoms with E-state index in [9.17, 15) is 0 Å². The maximum atomic E-state index is 8.72. The Bertz CT molecular complexity index is 2390. The number of fused-ring (bicyclic) bond motifs is 3. The van der Waals surface area contributed by atoms with Gasteiger partial charge in [0.25, 0.3) is 0 Å². The monoisotopic (exact) mass is 1010 g/mol. The average molecular weight is 1000 g/mol. The van der Waals surface area contributed by atoms with Crippen LogP contribution in [-0.4, -0.2) is 36.5 Å². The number of rotatable bonds is 6. The molecule has 6 heteroatoms. The first-order chi connectivity index (χ1) is 24.8. The fourth-order valence-electron chi connectivity index (χ4n) is 6.39. The third-order valence-corrected chi connectivity index (χ3v) is 19.0. The van der Waals surface area contributed by atoms with Crippen LogP contribution in [0.15, 0.2) is 109 Å². The van der Waals surface area contributed by atoms with Crippen LogP contribution in [0.5, 0.6) is 0 Å². The van der Waals surface area contributed by atoms with Gasteiger partial charge >= 0.3 is 267 Å². The summed E-state index contributed by atoms with van der Waals surface area (Å²) in [6.45, 7) is 7.99. The summed E-state index contributed by atoms with van der Waals surface area (Å²) < 4.78 is 22.8. The van der Waals surface area contributed by atoms with Crippen molar-refractivity contribution in [2.45, 2.75) is 68.6 Å². The van der Waals surface area contributed by atoms with E-state index >= 15 is 0 Å². The van der Waals surface area contributed by atoms with Gasteiger partial charge in [0.15, 0.2) is 0 Å². The predicted molar refractivity (Wildman–Crippen MR) is 229 cm³/mol. The molecule has 0 amide bonds. The number of aryl methyl sites for hydroxylation is 1. The standard InChI is InChI=1S/C31H32GeNS.C15H18GeN.Ir/c1-31(2,3)20-21-16-17-33-28(18-21)27-9-7-8-26-25-15-12-23(19-29(25)34-30(26)27)22-10-13-24(14-11-22)32(4,5)6;1-12-10-15(13-8-6-5-7-9-13)17-11-14(12)16(2,3)4;/h7-8,10-19H,20H2,1-6H3;5-8,10-11H,1-4H3;/q2*-1;/i20D2;;. The quantitative estimate of drug-likeness (QED) is 0.123. The Morgan fingerprint density at radius 1 is 0.731 bits per heavy atom. The van der Waals surface area contributed by atoms with Crippen molar-refractivity contribution >= 4 is 66.8 Å². The Labute approximate surface area is 337 Å². The molecule has 52 heavy (non-hydrogen) atoms. The first-order valence-electron chi connectivity index (χ1n) is 18.7. The fraction of sp³-hybridized carbons (Fsp3) is 0.261. The molecule has 0 unspecified atom stereocenters. The molecule has 0 atom stereocenters. The van der Waals surface area contributed by atoms with Crippen LogP contribution in [-0.2, 0) is 26.5 Å². The molecule has 3 aromatic heterocycles. The molecule has 0 saturated carbocycles. The van der Waals surface area contributed by atoms with Crippen LogP contribution in [0.3, 0.4) is 0 Å². The normalized spacial score (nSPS) is 12.8. The van der Waals surface area contributed by atoms with E-state index in [1.807, 2.05) is 51.1 Å². The molecule has 0 bridgehead atoms. The Kier molecular flexibility index (Phi) is 11.7. The zero-order valence-electron chi connectivity index (χ0n) is 34.0. The summed E-state index contributed by atoms with van der Waals surface area (Å²) >= 11 is -1.84. The van der Waals surface area contributed by atoms with Crippen LogP contribution >= 0.6 is 11.3 Å². The molecule has 0 N–H and O–H groups in total. The van der Waals surface area contributed by atoms with Crippen LogP contribution in [0.2, 0.25) is 34.5 Å².